The van der Waals surface area contributed by atoms with Crippen LogP contribution < -0.4 is 114 Å². The number of hydrogen-bond acceptors (Lipinski definition) is 21. The van der Waals surface area contributed by atoms with Crippen LogP contribution in [0.5, 0.6) is 17.2 Å². The summed E-state index contributed by atoms with van der Waals surface area (Å²) in [4.78, 5) is 105. The highest BCUT2D eigenvalue weighted by Crippen LogP contribution is 2.27. The third-order valence-electron chi connectivity index (χ3n) is 20.0. The molecule has 0 aliphatic carbocycles. The van der Waals surface area contributed by atoms with Crippen LogP contribution in [0, 0.1) is 22.9 Å². The lowest BCUT2D eigenvalue weighted by Crippen LogP contribution is -2.29. The molecule has 0 aromatic heterocycles. The minimum absolute atomic E-state index is 0.00210. The minimum atomic E-state index is -4.87. The quantitative estimate of drug-likeness (QED) is 0.0249. The lowest BCUT2D eigenvalue weighted by atomic mass is 9.95. The zero-order valence-electron chi connectivity index (χ0n) is 82.1. The summed E-state index contributed by atoms with van der Waals surface area (Å²) in [6, 6.07) is 108. The number of amides is 9. The van der Waals surface area contributed by atoms with E-state index in [4.69, 9.17) is 65.8 Å². The molecule has 0 saturated heterocycles. The maximum absolute atomic E-state index is 13.3. The number of benzene rings is 16. The van der Waals surface area contributed by atoms with Gasteiger partial charge in [0.05, 0.1) is 38.9 Å². The van der Waals surface area contributed by atoms with Crippen LogP contribution in [0.25, 0.3) is 0 Å². The molecule has 0 heterocycles. The van der Waals surface area contributed by atoms with Crippen molar-refractivity contribution >= 4 is 156 Å². The lowest BCUT2D eigenvalue weighted by Gasteiger charge is -2.17. The van der Waals surface area contributed by atoms with E-state index in [9.17, 15) is 69.5 Å². The molecule has 30 nitrogen and oxygen atoms in total. The predicted octanol–water partition coefficient (Wildman–Crippen LogP) is 22.0. The molecule has 0 bridgehead atoms. The van der Waals surface area contributed by atoms with Crippen molar-refractivity contribution in [2.75, 3.05) is 121 Å². The van der Waals surface area contributed by atoms with E-state index in [2.05, 4.69) is 42.5 Å². The van der Waals surface area contributed by atoms with Crippen molar-refractivity contribution in [1.29, 1.82) is 0 Å². The second-order valence-corrected chi connectivity index (χ2v) is 32.8. The van der Waals surface area contributed by atoms with Crippen LogP contribution in [0.3, 0.4) is 0 Å². The first kappa shape index (κ1) is 115. The fourth-order valence-corrected chi connectivity index (χ4v) is 12.0. The molecule has 9 amide bonds. The molecular weight excluding hydrogens is 1930 g/mol. The van der Waals surface area contributed by atoms with E-state index in [0.717, 1.165) is 22.7 Å². The number of halogens is 6. The van der Waals surface area contributed by atoms with Crippen LogP contribution in [0.15, 0.2) is 394 Å². The van der Waals surface area contributed by atoms with Gasteiger partial charge in [-0.2, -0.15) is 13.2 Å². The first-order chi connectivity index (χ1) is 71.6. The molecule has 0 atom stereocenters. The van der Waals surface area contributed by atoms with Gasteiger partial charge in [-0.1, -0.05) is 87.5 Å². The van der Waals surface area contributed by atoms with Crippen molar-refractivity contribution < 1.29 is 83.7 Å². The first-order valence-corrected chi connectivity index (χ1v) is 45.4. The van der Waals surface area contributed by atoms with E-state index < -0.39 is 29.6 Å². The molecule has 0 aliphatic rings. The molecule has 150 heavy (non-hydrogen) atoms. The molecule has 0 saturated carbocycles. The van der Waals surface area contributed by atoms with Gasteiger partial charge in [-0.05, 0) is 333 Å². The number of carbonyl (C=O) groups is 9. The van der Waals surface area contributed by atoms with Crippen molar-refractivity contribution in [2.24, 2.45) is 5.41 Å². The van der Waals surface area contributed by atoms with Crippen LogP contribution in [0.1, 0.15) is 88.5 Å². The zero-order chi connectivity index (χ0) is 109. The van der Waals surface area contributed by atoms with Crippen molar-refractivity contribution in [2.45, 2.75) is 33.4 Å². The van der Waals surface area contributed by atoms with Gasteiger partial charge >= 0.3 is 12.1 Å². The number of hydrogen-bond donors (Lipinski definition) is 18. The maximum Gasteiger partial charge on any atom is 0.471 e. The summed E-state index contributed by atoms with van der Waals surface area (Å²) in [7, 11) is 4.69. The van der Waals surface area contributed by atoms with E-state index in [1.165, 1.54) is 92.0 Å². The molecule has 0 fully saturated rings. The molecule has 0 spiro atoms. The molecule has 0 aliphatic heterocycles. The Kier molecular flexibility index (Phi) is 44.9. The lowest BCUT2D eigenvalue weighted by molar-refractivity contribution is -0.167. The summed E-state index contributed by atoms with van der Waals surface area (Å²) >= 11 is 0. The fraction of sp³-hybridized carbons (Fsp3) is 0.0789. The summed E-state index contributed by atoms with van der Waals surface area (Å²) in [5.41, 5.74) is 63.9. The standard InChI is InChI=1S/3C14H14N2O2.C14H14N2O.3C13H11FN2O.C11H16N2O.C8H7F3N2O/c1-18-13-8-2-10(3-9-13)14(17)16-12-6-4-11(15)5-7-12;1-18-13-4-2-3-10(9-13)14(17)16-12-7-5-11(15)6-8-12;1-18-13-5-3-2-4-12(13)14(17)16-11-8-6-10(15)7-9-11;15-12-6-8-13(9-7-12)16-14(17)10-11-4-2-1-3-5-11;14-10-3-1-9(2-4-10)13(17)16-12-7-5-11(15)6-8-12;14-10-3-1-2-9(8-10)13(17)16-12-6-4-11(15)5-7-12;14-12-4-2-1-3-11(12)13(17)16-10-7-5-9(15)6-8-10;1-11(2,3)10(14)13-9-6-4-8(12)5-7-9;9-8(10,11)7(14)13-6-3-1-5(12)2-4-6/h3*2-9H,15H2,1H3,(H,16,17);1-9H,10,15H2,(H,16,17);3*1-8H,15H2,(H,16,17);4-7H,12H2,1-3H3,(H,13,14);1-4H,12H2,(H,13,14). The third kappa shape index (κ3) is 41.8. The van der Waals surface area contributed by atoms with Gasteiger partial charge in [0, 0.05) is 130 Å². The number of methoxy groups -OCH3 is 3. The Morgan fingerprint density at radius 2 is 0.533 bits per heavy atom. The Bertz CT molecular complexity index is 6990. The number of anilines is 18. The average molecular weight is 2040 g/mol. The smallest absolute Gasteiger partial charge is 0.471 e. The number of nitrogen functional groups attached to an aromatic ring is 9. The molecule has 16 rings (SSSR count). The Hall–Kier alpha value is -20.1. The summed E-state index contributed by atoms with van der Waals surface area (Å²) < 4.78 is 89.5. The van der Waals surface area contributed by atoms with E-state index in [1.54, 1.807) is 293 Å². The highest BCUT2D eigenvalue weighted by Gasteiger charge is 2.38. The largest absolute Gasteiger partial charge is 0.497 e. The monoisotopic (exact) mass is 2040 g/mol. The normalized spacial score (nSPS) is 10.1. The van der Waals surface area contributed by atoms with Crippen molar-refractivity contribution in [1.82, 2.24) is 0 Å². The average Bonchev–Trinajstić information content (AvgIpc) is 0.837. The van der Waals surface area contributed by atoms with Crippen LogP contribution in [-0.2, 0) is 20.8 Å². The van der Waals surface area contributed by atoms with E-state index >= 15 is 0 Å². The van der Waals surface area contributed by atoms with Crippen LogP contribution in [0.2, 0.25) is 0 Å². The van der Waals surface area contributed by atoms with E-state index in [0.29, 0.717) is 125 Å². The highest BCUT2D eigenvalue weighted by molar-refractivity contribution is 6.09. The van der Waals surface area contributed by atoms with Gasteiger partial charge in [-0.3, -0.25) is 43.2 Å². The van der Waals surface area contributed by atoms with Gasteiger partial charge in [-0.15, -0.1) is 0 Å². The van der Waals surface area contributed by atoms with Gasteiger partial charge < -0.3 is 114 Å². The molecule has 0 unspecified atom stereocenters. The number of carbonyl (C=O) groups excluding carboxylic acids is 9. The summed E-state index contributed by atoms with van der Waals surface area (Å²) in [6.45, 7) is 5.62. The second-order valence-electron chi connectivity index (χ2n) is 32.8. The number of para-hydroxylation sites is 1. The third-order valence-corrected chi connectivity index (χ3v) is 20.0. The summed E-state index contributed by atoms with van der Waals surface area (Å²) in [6.07, 6.45) is -4.49. The number of rotatable bonds is 20. The Morgan fingerprint density at radius 1 is 0.247 bits per heavy atom. The Morgan fingerprint density at radius 3 is 0.867 bits per heavy atom. The molecule has 27 N–H and O–H groups in total. The number of nitrogens with two attached hydrogens (primary N) is 9. The second kappa shape index (κ2) is 58.5. The van der Waals surface area contributed by atoms with Crippen molar-refractivity contribution in [3.8, 4) is 17.2 Å². The van der Waals surface area contributed by atoms with Crippen molar-refractivity contribution in [3.05, 3.63) is 451 Å². The van der Waals surface area contributed by atoms with Crippen molar-refractivity contribution in [3.63, 3.8) is 0 Å². The van der Waals surface area contributed by atoms with Crippen LogP contribution in [0.4, 0.5) is 129 Å². The van der Waals surface area contributed by atoms with Crippen LogP contribution in [-0.4, -0.2) is 80.7 Å². The molecule has 0 radical (unpaired) electrons. The van der Waals surface area contributed by atoms with Gasteiger partial charge in [-0.25, -0.2) is 13.2 Å². The topological polar surface area (TPSA) is 524 Å². The van der Waals surface area contributed by atoms with Gasteiger partial charge in [0.1, 0.15) is 34.7 Å². The molecule has 772 valence electrons. The Labute approximate surface area is 862 Å². The Balaban J connectivity index is 0.000000206. The molecular formula is C114H112F6N18O12. The van der Waals surface area contributed by atoms with E-state index in [1.807, 2.05) is 57.2 Å². The van der Waals surface area contributed by atoms with Gasteiger partial charge in [0.25, 0.3) is 35.4 Å². The van der Waals surface area contributed by atoms with Crippen LogP contribution >= 0.6 is 0 Å². The minimum Gasteiger partial charge on any atom is -0.497 e. The van der Waals surface area contributed by atoms with Gasteiger partial charge in [0.2, 0.25) is 11.8 Å². The summed E-state index contributed by atoms with van der Waals surface area (Å²) in [5.74, 6) is -3.12. The SMILES string of the molecule is CC(C)(C)C(=O)Nc1ccc(N)cc1.COc1ccc(C(=O)Nc2ccc(N)cc2)cc1.COc1cccc(C(=O)Nc2ccc(N)cc2)c1.COc1ccccc1C(=O)Nc1ccc(N)cc1.Nc1ccc(NC(=O)C(F)(F)F)cc1.Nc1ccc(NC(=O)Cc2ccccc2)cc1.Nc1ccc(NC(=O)c2ccc(F)cc2)cc1.Nc1ccc(NC(=O)c2cccc(F)c2)cc1.Nc1ccc(NC(=O)c2ccccc2F)cc1. The fourth-order valence-electron chi connectivity index (χ4n) is 12.0. The highest BCUT2D eigenvalue weighted by atomic mass is 19.4. The number of alkyl halides is 3. The number of ether oxygens (including phenoxy) is 3. The zero-order valence-corrected chi connectivity index (χ0v) is 82.1. The predicted molar refractivity (Wildman–Crippen MR) is 585 cm³/mol. The maximum atomic E-state index is 13.3. The molecule has 16 aromatic rings. The first-order valence-electron chi connectivity index (χ1n) is 45.4. The molecule has 36 heteroatoms. The molecule has 16 aromatic carbocycles. The number of nitrogens with one attached hydrogen (secondary N) is 9. The van der Waals surface area contributed by atoms with Gasteiger partial charge in [0.15, 0.2) is 0 Å². The van der Waals surface area contributed by atoms with E-state index in [-0.39, 0.29) is 69.4 Å². The summed E-state index contributed by atoms with van der Waals surface area (Å²) in [5, 5.41) is 23.6.